The molecule has 0 aliphatic carbocycles. The van der Waals surface area contributed by atoms with Gasteiger partial charge < -0.3 is 39.4 Å². The fourth-order valence-electron chi connectivity index (χ4n) is 6.39. The zero-order chi connectivity index (χ0) is 38.8. The van der Waals surface area contributed by atoms with Gasteiger partial charge in [-0.3, -0.25) is 9.59 Å². The van der Waals surface area contributed by atoms with Gasteiger partial charge in [-0.1, -0.05) is 147 Å². The van der Waals surface area contributed by atoms with Crippen molar-refractivity contribution >= 4 is 11.9 Å². The molecule has 1 saturated heterocycles. The van der Waals surface area contributed by atoms with E-state index in [1.54, 1.807) is 0 Å². The van der Waals surface area contributed by atoms with Gasteiger partial charge in [-0.15, -0.1) is 0 Å². The van der Waals surface area contributed by atoms with Crippen molar-refractivity contribution in [2.24, 2.45) is 0 Å². The van der Waals surface area contributed by atoms with Crippen molar-refractivity contribution in [3.63, 3.8) is 0 Å². The molecule has 310 valence electrons. The van der Waals surface area contributed by atoms with Crippen LogP contribution in [0.2, 0.25) is 0 Å². The lowest BCUT2D eigenvalue weighted by atomic mass is 9.99. The summed E-state index contributed by atoms with van der Waals surface area (Å²) in [5, 5.41) is 40.0. The molecule has 6 atom stereocenters. The maximum atomic E-state index is 12.7. The van der Waals surface area contributed by atoms with Gasteiger partial charge in [-0.25, -0.2) is 0 Å². The van der Waals surface area contributed by atoms with Crippen molar-refractivity contribution in [3.8, 4) is 0 Å². The SMILES string of the molecule is CCCCC/C=C\C/C=C\CCCCCCCC(=O)OC(COC(=O)CCCCCCCCCCCCCCC)COC1OC(CO)C(O)C(O)C1O. The summed E-state index contributed by atoms with van der Waals surface area (Å²) in [5.41, 5.74) is 0. The highest BCUT2D eigenvalue weighted by Crippen LogP contribution is 2.22. The average molecular weight is 755 g/mol. The van der Waals surface area contributed by atoms with E-state index in [0.717, 1.165) is 57.8 Å². The third-order valence-electron chi connectivity index (χ3n) is 9.84. The quantitative estimate of drug-likeness (QED) is 0.0281. The summed E-state index contributed by atoms with van der Waals surface area (Å²) >= 11 is 0. The number of aliphatic hydroxyl groups is 4. The third-order valence-corrected chi connectivity index (χ3v) is 9.84. The fourth-order valence-corrected chi connectivity index (χ4v) is 6.39. The fraction of sp³-hybridized carbons (Fsp3) is 0.860. The van der Waals surface area contributed by atoms with E-state index in [4.69, 9.17) is 18.9 Å². The van der Waals surface area contributed by atoms with Gasteiger partial charge in [0.2, 0.25) is 0 Å². The second kappa shape index (κ2) is 34.7. The number of rotatable bonds is 35. The molecule has 10 heteroatoms. The summed E-state index contributed by atoms with van der Waals surface area (Å²) in [7, 11) is 0. The van der Waals surface area contributed by atoms with Gasteiger partial charge in [-0.2, -0.15) is 0 Å². The van der Waals surface area contributed by atoms with Crippen molar-refractivity contribution in [2.45, 2.75) is 218 Å². The Morgan fingerprint density at radius 2 is 1.06 bits per heavy atom. The van der Waals surface area contributed by atoms with Crippen LogP contribution in [-0.2, 0) is 28.5 Å². The minimum atomic E-state index is -1.59. The molecular formula is C43H78O10. The zero-order valence-electron chi connectivity index (χ0n) is 33.5. The molecule has 0 spiro atoms. The van der Waals surface area contributed by atoms with E-state index in [9.17, 15) is 30.0 Å². The van der Waals surface area contributed by atoms with Gasteiger partial charge in [0.15, 0.2) is 12.4 Å². The molecule has 1 heterocycles. The molecule has 0 saturated carbocycles. The summed E-state index contributed by atoms with van der Waals surface area (Å²) in [6, 6.07) is 0. The minimum absolute atomic E-state index is 0.216. The molecule has 1 fully saturated rings. The van der Waals surface area contributed by atoms with Crippen molar-refractivity contribution < 1.29 is 49.0 Å². The molecule has 1 aliphatic heterocycles. The highest BCUT2D eigenvalue weighted by Gasteiger charge is 2.44. The van der Waals surface area contributed by atoms with Crippen LogP contribution in [0.25, 0.3) is 0 Å². The first-order valence-electron chi connectivity index (χ1n) is 21.4. The second-order valence-corrected chi connectivity index (χ2v) is 14.8. The first-order chi connectivity index (χ1) is 25.8. The number of allylic oxidation sites excluding steroid dienone is 4. The van der Waals surface area contributed by atoms with Gasteiger partial charge in [0.25, 0.3) is 0 Å². The monoisotopic (exact) mass is 755 g/mol. The Morgan fingerprint density at radius 1 is 0.585 bits per heavy atom. The van der Waals surface area contributed by atoms with Crippen LogP contribution in [0.15, 0.2) is 24.3 Å². The molecule has 4 N–H and O–H groups in total. The van der Waals surface area contributed by atoms with Gasteiger partial charge in [0.05, 0.1) is 13.2 Å². The predicted octanol–water partition coefficient (Wildman–Crippen LogP) is 8.55. The Labute approximate surface area is 322 Å². The molecule has 0 bridgehead atoms. The lowest BCUT2D eigenvalue weighted by Gasteiger charge is -2.39. The van der Waals surface area contributed by atoms with Crippen molar-refractivity contribution in [1.82, 2.24) is 0 Å². The maximum Gasteiger partial charge on any atom is 0.306 e. The molecule has 10 nitrogen and oxygen atoms in total. The first-order valence-corrected chi connectivity index (χ1v) is 21.4. The number of unbranched alkanes of at least 4 members (excludes halogenated alkanes) is 20. The van der Waals surface area contributed by atoms with Crippen LogP contribution in [0, 0.1) is 0 Å². The number of hydrogen-bond donors (Lipinski definition) is 4. The normalized spacial score (nSPS) is 21.1. The summed E-state index contributed by atoms with van der Waals surface area (Å²) in [6.07, 6.45) is 28.9. The highest BCUT2D eigenvalue weighted by molar-refractivity contribution is 5.70. The largest absolute Gasteiger partial charge is 0.462 e. The lowest BCUT2D eigenvalue weighted by molar-refractivity contribution is -0.305. The molecule has 0 aromatic heterocycles. The van der Waals surface area contributed by atoms with Crippen LogP contribution in [0.1, 0.15) is 181 Å². The summed E-state index contributed by atoms with van der Waals surface area (Å²) in [6.45, 7) is 3.38. The summed E-state index contributed by atoms with van der Waals surface area (Å²) in [5.74, 6) is -0.818. The smallest absolute Gasteiger partial charge is 0.306 e. The third kappa shape index (κ3) is 26.6. The van der Waals surface area contributed by atoms with E-state index in [1.807, 2.05) is 0 Å². The van der Waals surface area contributed by atoms with Crippen molar-refractivity contribution in [3.05, 3.63) is 24.3 Å². The number of aliphatic hydroxyl groups excluding tert-OH is 4. The Morgan fingerprint density at radius 3 is 1.60 bits per heavy atom. The number of ether oxygens (including phenoxy) is 4. The topological polar surface area (TPSA) is 152 Å². The van der Waals surface area contributed by atoms with E-state index in [2.05, 4.69) is 38.2 Å². The number of hydrogen-bond acceptors (Lipinski definition) is 10. The average Bonchev–Trinajstić information content (AvgIpc) is 3.15. The zero-order valence-corrected chi connectivity index (χ0v) is 33.5. The Balaban J connectivity index is 2.36. The summed E-state index contributed by atoms with van der Waals surface area (Å²) in [4.78, 5) is 25.2. The Hall–Kier alpha value is -1.82. The molecule has 1 aliphatic rings. The highest BCUT2D eigenvalue weighted by atomic mass is 16.7. The molecular weight excluding hydrogens is 676 g/mol. The van der Waals surface area contributed by atoms with Crippen LogP contribution in [-0.4, -0.2) is 89.0 Å². The molecule has 0 aromatic carbocycles. The molecule has 0 amide bonds. The van der Waals surface area contributed by atoms with E-state index in [1.165, 1.54) is 89.9 Å². The van der Waals surface area contributed by atoms with Crippen LogP contribution in [0.5, 0.6) is 0 Å². The molecule has 0 aromatic rings. The number of esters is 2. The van der Waals surface area contributed by atoms with Crippen molar-refractivity contribution in [2.75, 3.05) is 19.8 Å². The van der Waals surface area contributed by atoms with Gasteiger partial charge in [0.1, 0.15) is 31.0 Å². The standard InChI is InChI=1S/C43H78O10/c1-3-5-7-9-11-13-15-17-18-20-22-24-26-28-30-32-39(46)52-36(35-51-43-42(49)41(48)40(47)37(33-44)53-43)34-50-38(45)31-29-27-25-23-21-19-16-14-12-10-8-6-4-2/h11,13,17-18,36-37,40-44,47-49H,3-10,12,14-16,19-35H2,1-2H3/b13-11-,18-17-. The van der Waals surface area contributed by atoms with E-state index in [0.29, 0.717) is 6.42 Å². The number of carbonyl (C=O) groups excluding carboxylic acids is 2. The van der Waals surface area contributed by atoms with Crippen LogP contribution in [0.3, 0.4) is 0 Å². The molecule has 0 radical (unpaired) electrons. The predicted molar refractivity (Wildman–Crippen MR) is 210 cm³/mol. The van der Waals surface area contributed by atoms with E-state index in [-0.39, 0.29) is 32.0 Å². The van der Waals surface area contributed by atoms with Gasteiger partial charge >= 0.3 is 11.9 Å². The van der Waals surface area contributed by atoms with E-state index >= 15 is 0 Å². The maximum absolute atomic E-state index is 12.7. The first kappa shape index (κ1) is 49.2. The van der Waals surface area contributed by atoms with Crippen molar-refractivity contribution in [1.29, 1.82) is 0 Å². The second-order valence-electron chi connectivity index (χ2n) is 14.8. The Bertz CT molecular complexity index is 923. The van der Waals surface area contributed by atoms with Gasteiger partial charge in [-0.05, 0) is 44.9 Å². The molecule has 6 unspecified atom stereocenters. The minimum Gasteiger partial charge on any atom is -0.462 e. The molecule has 1 rings (SSSR count). The summed E-state index contributed by atoms with van der Waals surface area (Å²) < 4.78 is 22.1. The molecule has 53 heavy (non-hydrogen) atoms. The van der Waals surface area contributed by atoms with Crippen LogP contribution >= 0.6 is 0 Å². The van der Waals surface area contributed by atoms with E-state index < -0.39 is 49.4 Å². The van der Waals surface area contributed by atoms with Crippen LogP contribution < -0.4 is 0 Å². The lowest BCUT2D eigenvalue weighted by Crippen LogP contribution is -2.59. The Kier molecular flexibility index (Phi) is 32.2. The van der Waals surface area contributed by atoms with Gasteiger partial charge in [0, 0.05) is 12.8 Å². The van der Waals surface area contributed by atoms with Crippen LogP contribution in [0.4, 0.5) is 0 Å². The number of carbonyl (C=O) groups is 2.